The topological polar surface area (TPSA) is 76.7 Å². The van der Waals surface area contributed by atoms with Gasteiger partial charge in [-0.1, -0.05) is 23.2 Å². The molecule has 0 fully saturated rings. The van der Waals surface area contributed by atoms with E-state index < -0.39 is 0 Å². The van der Waals surface area contributed by atoms with Crippen LogP contribution in [0.15, 0.2) is 36.4 Å². The van der Waals surface area contributed by atoms with E-state index in [9.17, 15) is 9.59 Å². The van der Waals surface area contributed by atoms with Crippen molar-refractivity contribution in [2.45, 2.75) is 0 Å². The zero-order chi connectivity index (χ0) is 21.2. The van der Waals surface area contributed by atoms with Crippen molar-refractivity contribution in [2.24, 2.45) is 0 Å². The summed E-state index contributed by atoms with van der Waals surface area (Å²) >= 11 is 14.7. The molecule has 0 bridgehead atoms. The van der Waals surface area contributed by atoms with Crippen molar-refractivity contribution < 1.29 is 19.1 Å². The third-order valence-electron chi connectivity index (χ3n) is 3.50. The number of carbonyl (C=O) groups excluding carboxylic acids is 2. The minimum Gasteiger partial charge on any atom is -0.495 e. The standard InChI is InChI=1S/C19H20Cl2N2O4S2/c1-26-16-5-3-12(20)7-14(16)22-18(24)9-28-11-29-10-19(25)23-15-8-13(21)4-6-17(15)27-2/h3-8H,9-11H2,1-2H3,(H,22,24)(H,23,25). The van der Waals surface area contributed by atoms with Crippen LogP contribution in [0.25, 0.3) is 0 Å². The Morgan fingerprint density at radius 3 is 1.62 bits per heavy atom. The van der Waals surface area contributed by atoms with Crippen LogP contribution in [0.3, 0.4) is 0 Å². The average Bonchev–Trinajstić information content (AvgIpc) is 2.68. The number of halogens is 2. The van der Waals surface area contributed by atoms with Gasteiger partial charge in [-0.25, -0.2) is 0 Å². The predicted octanol–water partition coefficient (Wildman–Crippen LogP) is 5.01. The van der Waals surface area contributed by atoms with E-state index in [1.165, 1.54) is 37.7 Å². The summed E-state index contributed by atoms with van der Waals surface area (Å²) < 4.78 is 10.4. The fourth-order valence-corrected chi connectivity index (χ4v) is 4.25. The summed E-state index contributed by atoms with van der Waals surface area (Å²) in [4.78, 5) is 24.2. The fourth-order valence-electron chi connectivity index (χ4n) is 2.26. The Labute approximate surface area is 188 Å². The Morgan fingerprint density at radius 2 is 1.24 bits per heavy atom. The van der Waals surface area contributed by atoms with Gasteiger partial charge in [0.15, 0.2) is 0 Å². The van der Waals surface area contributed by atoms with E-state index in [-0.39, 0.29) is 23.3 Å². The summed E-state index contributed by atoms with van der Waals surface area (Å²) in [5.74, 6) is 1.21. The van der Waals surface area contributed by atoms with Gasteiger partial charge in [0.25, 0.3) is 0 Å². The quantitative estimate of drug-likeness (QED) is 0.372. The van der Waals surface area contributed by atoms with Gasteiger partial charge in [-0.2, -0.15) is 0 Å². The molecule has 2 aromatic carbocycles. The second kappa shape index (κ2) is 12.1. The van der Waals surface area contributed by atoms with Crippen LogP contribution in [0.5, 0.6) is 11.5 Å². The van der Waals surface area contributed by atoms with Crippen molar-refractivity contribution in [1.82, 2.24) is 0 Å². The molecule has 2 N–H and O–H groups in total. The van der Waals surface area contributed by atoms with Crippen LogP contribution in [0.4, 0.5) is 11.4 Å². The first kappa shape index (κ1) is 23.5. The SMILES string of the molecule is COc1ccc(Cl)cc1NC(=O)CSCSCC(=O)Nc1cc(Cl)ccc1OC. The maximum Gasteiger partial charge on any atom is 0.234 e. The molecule has 2 rings (SSSR count). The van der Waals surface area contributed by atoms with Gasteiger partial charge in [0, 0.05) is 15.1 Å². The summed E-state index contributed by atoms with van der Waals surface area (Å²) in [6.45, 7) is 0. The highest BCUT2D eigenvalue weighted by Crippen LogP contribution is 2.29. The van der Waals surface area contributed by atoms with E-state index in [0.717, 1.165) is 0 Å². The molecular formula is C19H20Cl2N2O4S2. The number of carbonyl (C=O) groups is 2. The molecule has 0 aliphatic rings. The second-order valence-corrected chi connectivity index (χ2v) is 8.81. The summed E-state index contributed by atoms with van der Waals surface area (Å²) in [5.41, 5.74) is 1.04. The van der Waals surface area contributed by atoms with Crippen LogP contribution < -0.4 is 20.1 Å². The fraction of sp³-hybridized carbons (Fsp3) is 0.263. The molecule has 0 spiro atoms. The number of rotatable bonds is 10. The van der Waals surface area contributed by atoms with Gasteiger partial charge >= 0.3 is 0 Å². The molecule has 0 saturated carbocycles. The van der Waals surface area contributed by atoms with Crippen LogP contribution in [-0.4, -0.2) is 42.6 Å². The van der Waals surface area contributed by atoms with E-state index >= 15 is 0 Å². The number of nitrogens with one attached hydrogen (secondary N) is 2. The van der Waals surface area contributed by atoms with Gasteiger partial charge in [0.2, 0.25) is 11.8 Å². The van der Waals surface area contributed by atoms with Crippen molar-refractivity contribution in [2.75, 3.05) is 41.4 Å². The number of hydrogen-bond donors (Lipinski definition) is 2. The molecular weight excluding hydrogens is 455 g/mol. The Morgan fingerprint density at radius 1 is 0.828 bits per heavy atom. The number of amides is 2. The van der Waals surface area contributed by atoms with Gasteiger partial charge in [-0.05, 0) is 36.4 Å². The summed E-state index contributed by atoms with van der Waals surface area (Å²) in [5, 5.41) is 7.13. The van der Waals surface area contributed by atoms with Gasteiger partial charge < -0.3 is 20.1 Å². The number of benzene rings is 2. The Kier molecular flexibility index (Phi) is 9.80. The molecule has 0 aromatic heterocycles. The largest absolute Gasteiger partial charge is 0.495 e. The van der Waals surface area contributed by atoms with Crippen molar-refractivity contribution >= 4 is 69.9 Å². The number of ether oxygens (including phenoxy) is 2. The lowest BCUT2D eigenvalue weighted by Crippen LogP contribution is -2.16. The molecule has 0 radical (unpaired) electrons. The van der Waals surface area contributed by atoms with Crippen LogP contribution in [0.2, 0.25) is 10.0 Å². The van der Waals surface area contributed by atoms with Gasteiger partial charge in [0.1, 0.15) is 11.5 Å². The zero-order valence-corrected chi connectivity index (χ0v) is 18.9. The van der Waals surface area contributed by atoms with Crippen molar-refractivity contribution in [3.63, 3.8) is 0 Å². The van der Waals surface area contributed by atoms with E-state index in [2.05, 4.69) is 10.6 Å². The lowest BCUT2D eigenvalue weighted by atomic mass is 10.3. The van der Waals surface area contributed by atoms with Crippen LogP contribution in [-0.2, 0) is 9.59 Å². The Bertz CT molecular complexity index is 799. The van der Waals surface area contributed by atoms with E-state index in [4.69, 9.17) is 32.7 Å². The monoisotopic (exact) mass is 474 g/mol. The summed E-state index contributed by atoms with van der Waals surface area (Å²) in [6, 6.07) is 10.0. The smallest absolute Gasteiger partial charge is 0.234 e. The predicted molar refractivity (Wildman–Crippen MR) is 123 cm³/mol. The minimum atomic E-state index is -0.177. The molecule has 0 saturated heterocycles. The van der Waals surface area contributed by atoms with E-state index in [0.29, 0.717) is 38.0 Å². The molecule has 0 atom stereocenters. The number of methoxy groups -OCH3 is 2. The van der Waals surface area contributed by atoms with Gasteiger partial charge in [-0.15, -0.1) is 23.5 Å². The van der Waals surface area contributed by atoms with E-state index in [1.54, 1.807) is 36.4 Å². The van der Waals surface area contributed by atoms with Crippen LogP contribution in [0, 0.1) is 0 Å². The summed E-state index contributed by atoms with van der Waals surface area (Å²) in [6.07, 6.45) is 0. The van der Waals surface area contributed by atoms with Crippen molar-refractivity contribution in [3.8, 4) is 11.5 Å². The molecule has 0 unspecified atom stereocenters. The first-order chi connectivity index (χ1) is 13.9. The van der Waals surface area contributed by atoms with Gasteiger partial charge in [0.05, 0.1) is 37.1 Å². The van der Waals surface area contributed by atoms with E-state index in [1.807, 2.05) is 0 Å². The second-order valence-electron chi connectivity index (χ2n) is 5.60. The Hall–Kier alpha value is -1.74. The molecule has 0 aliphatic carbocycles. The maximum atomic E-state index is 12.1. The number of thioether (sulfide) groups is 2. The van der Waals surface area contributed by atoms with Gasteiger partial charge in [-0.3, -0.25) is 9.59 Å². The molecule has 2 aromatic rings. The van der Waals surface area contributed by atoms with Crippen molar-refractivity contribution in [1.29, 1.82) is 0 Å². The minimum absolute atomic E-state index is 0.177. The molecule has 0 heterocycles. The molecule has 10 heteroatoms. The molecule has 156 valence electrons. The highest BCUT2D eigenvalue weighted by molar-refractivity contribution is 8.16. The highest BCUT2D eigenvalue weighted by Gasteiger charge is 2.10. The van der Waals surface area contributed by atoms with Crippen LogP contribution >= 0.6 is 46.7 Å². The molecule has 6 nitrogen and oxygen atoms in total. The number of anilines is 2. The Balaban J connectivity index is 1.70. The highest BCUT2D eigenvalue weighted by atomic mass is 35.5. The molecule has 29 heavy (non-hydrogen) atoms. The van der Waals surface area contributed by atoms with Crippen LogP contribution in [0.1, 0.15) is 0 Å². The molecule has 0 aliphatic heterocycles. The zero-order valence-electron chi connectivity index (χ0n) is 15.8. The van der Waals surface area contributed by atoms with Crippen molar-refractivity contribution in [3.05, 3.63) is 46.4 Å². The lowest BCUT2D eigenvalue weighted by molar-refractivity contribution is -0.114. The maximum absolute atomic E-state index is 12.1. The third-order valence-corrected chi connectivity index (χ3v) is 6.24. The first-order valence-corrected chi connectivity index (χ1v) is 11.4. The summed E-state index contributed by atoms with van der Waals surface area (Å²) in [7, 11) is 3.04. The lowest BCUT2D eigenvalue weighted by Gasteiger charge is -2.11. The molecule has 2 amide bonds. The average molecular weight is 475 g/mol. The normalized spacial score (nSPS) is 10.3. The third kappa shape index (κ3) is 7.89. The first-order valence-electron chi connectivity index (χ1n) is 8.35. The number of hydrogen-bond acceptors (Lipinski definition) is 6.